The molecule has 5 nitrogen and oxygen atoms in total. The van der Waals surface area contributed by atoms with Crippen LogP contribution in [-0.4, -0.2) is 26.7 Å². The number of sulfone groups is 1. The minimum absolute atomic E-state index is 0.151. The van der Waals surface area contributed by atoms with Crippen LogP contribution in [0, 0.1) is 5.92 Å². The van der Waals surface area contributed by atoms with Crippen molar-refractivity contribution in [2.24, 2.45) is 5.92 Å². The van der Waals surface area contributed by atoms with Gasteiger partial charge < -0.3 is 10.6 Å². The number of carbonyl (C=O) groups is 1. The Morgan fingerprint density at radius 3 is 2.63 bits per heavy atom. The lowest BCUT2D eigenvalue weighted by Crippen LogP contribution is -2.37. The van der Waals surface area contributed by atoms with Crippen LogP contribution in [0.4, 0.5) is 10.5 Å². The molecule has 1 aromatic rings. The second-order valence-corrected chi connectivity index (χ2v) is 7.04. The summed E-state index contributed by atoms with van der Waals surface area (Å²) in [7, 11) is -3.26. The first kappa shape index (κ1) is 13.9. The van der Waals surface area contributed by atoms with E-state index in [4.69, 9.17) is 0 Å². The molecule has 1 atom stereocenters. The van der Waals surface area contributed by atoms with E-state index < -0.39 is 9.84 Å². The van der Waals surface area contributed by atoms with Crippen molar-refractivity contribution in [2.75, 3.05) is 11.6 Å². The van der Waals surface area contributed by atoms with Gasteiger partial charge in [-0.3, -0.25) is 0 Å². The van der Waals surface area contributed by atoms with Crippen LogP contribution in [0.15, 0.2) is 29.2 Å². The smallest absolute Gasteiger partial charge is 0.319 e. The van der Waals surface area contributed by atoms with Gasteiger partial charge in [0, 0.05) is 18.0 Å². The molecule has 1 unspecified atom stereocenters. The lowest BCUT2D eigenvalue weighted by Gasteiger charge is -2.14. The van der Waals surface area contributed by atoms with Crippen molar-refractivity contribution in [1.29, 1.82) is 0 Å². The maximum absolute atomic E-state index is 11.7. The van der Waals surface area contributed by atoms with E-state index in [1.54, 1.807) is 12.1 Å². The van der Waals surface area contributed by atoms with Crippen LogP contribution < -0.4 is 10.6 Å². The fourth-order valence-corrected chi connectivity index (χ4v) is 2.56. The normalized spacial score (nSPS) is 16.7. The molecule has 1 aromatic carbocycles. The molecule has 1 aliphatic rings. The summed E-state index contributed by atoms with van der Waals surface area (Å²) in [6.07, 6.45) is 3.46. The van der Waals surface area contributed by atoms with E-state index in [1.807, 2.05) is 6.92 Å². The molecule has 19 heavy (non-hydrogen) atoms. The van der Waals surface area contributed by atoms with Crippen LogP contribution >= 0.6 is 0 Å². The second-order valence-electron chi connectivity index (χ2n) is 5.02. The third-order valence-corrected chi connectivity index (χ3v) is 4.32. The number of carbonyl (C=O) groups excluding carboxylic acids is 1. The Morgan fingerprint density at radius 2 is 2.05 bits per heavy atom. The van der Waals surface area contributed by atoms with Gasteiger partial charge in [-0.2, -0.15) is 0 Å². The lowest BCUT2D eigenvalue weighted by atomic mass is 10.2. The van der Waals surface area contributed by atoms with Crippen molar-refractivity contribution in [3.63, 3.8) is 0 Å². The number of anilines is 1. The maximum atomic E-state index is 11.7. The van der Waals surface area contributed by atoms with Crippen LogP contribution in [0.2, 0.25) is 0 Å². The lowest BCUT2D eigenvalue weighted by molar-refractivity contribution is 0.248. The highest BCUT2D eigenvalue weighted by atomic mass is 32.2. The van der Waals surface area contributed by atoms with Gasteiger partial charge in [0.15, 0.2) is 9.84 Å². The summed E-state index contributed by atoms with van der Waals surface area (Å²) in [5, 5.41) is 5.50. The van der Waals surface area contributed by atoms with Crippen LogP contribution in [-0.2, 0) is 9.84 Å². The molecule has 1 saturated carbocycles. The van der Waals surface area contributed by atoms with Gasteiger partial charge >= 0.3 is 6.03 Å². The Morgan fingerprint density at radius 1 is 1.37 bits per heavy atom. The molecule has 0 saturated heterocycles. The van der Waals surface area contributed by atoms with E-state index in [9.17, 15) is 13.2 Å². The average molecular weight is 282 g/mol. The molecule has 0 aliphatic heterocycles. The van der Waals surface area contributed by atoms with E-state index in [0.717, 1.165) is 19.1 Å². The standard InChI is InChI=1S/C13H18N2O3S/c1-9(10-6-7-10)14-13(16)15-11-4-3-5-12(8-11)19(2,17)18/h3-5,8-10H,6-7H2,1-2H3,(H2,14,15,16). The van der Waals surface area contributed by atoms with Crippen LogP contribution in [0.25, 0.3) is 0 Å². The van der Waals surface area contributed by atoms with Gasteiger partial charge in [-0.25, -0.2) is 13.2 Å². The van der Waals surface area contributed by atoms with Crippen molar-refractivity contribution in [1.82, 2.24) is 5.32 Å². The summed E-state index contributed by atoms with van der Waals surface area (Å²) in [5.74, 6) is 0.577. The molecule has 2 rings (SSSR count). The number of hydrogen-bond acceptors (Lipinski definition) is 3. The highest BCUT2D eigenvalue weighted by molar-refractivity contribution is 7.90. The van der Waals surface area contributed by atoms with Crippen molar-refractivity contribution in [3.05, 3.63) is 24.3 Å². The Hall–Kier alpha value is -1.56. The van der Waals surface area contributed by atoms with Crippen molar-refractivity contribution in [3.8, 4) is 0 Å². The van der Waals surface area contributed by atoms with E-state index in [-0.39, 0.29) is 17.0 Å². The molecule has 0 aromatic heterocycles. The molecule has 0 bridgehead atoms. The number of nitrogens with one attached hydrogen (secondary N) is 2. The molecule has 2 N–H and O–H groups in total. The third kappa shape index (κ3) is 3.96. The largest absolute Gasteiger partial charge is 0.335 e. The average Bonchev–Trinajstić information content (AvgIpc) is 3.11. The number of urea groups is 1. The molecule has 1 fully saturated rings. The fraction of sp³-hybridized carbons (Fsp3) is 0.462. The first-order valence-corrected chi connectivity index (χ1v) is 8.13. The summed E-state index contributed by atoms with van der Waals surface area (Å²) >= 11 is 0. The molecule has 1 aliphatic carbocycles. The first-order chi connectivity index (χ1) is 8.86. The third-order valence-electron chi connectivity index (χ3n) is 3.21. The first-order valence-electron chi connectivity index (χ1n) is 6.24. The quantitative estimate of drug-likeness (QED) is 0.887. The number of hydrogen-bond donors (Lipinski definition) is 2. The zero-order valence-corrected chi connectivity index (χ0v) is 11.8. The van der Waals surface area contributed by atoms with Crippen LogP contribution in [0.1, 0.15) is 19.8 Å². The molecule has 0 radical (unpaired) electrons. The summed E-state index contributed by atoms with van der Waals surface area (Å²) < 4.78 is 22.8. The summed E-state index contributed by atoms with van der Waals surface area (Å²) in [6, 6.07) is 6.08. The fourth-order valence-electron chi connectivity index (χ4n) is 1.89. The van der Waals surface area contributed by atoms with Crippen molar-refractivity contribution >= 4 is 21.6 Å². The number of amides is 2. The Balaban J connectivity index is 2.00. The molecular formula is C13H18N2O3S. The number of rotatable bonds is 4. The van der Waals surface area contributed by atoms with Gasteiger partial charge in [0.25, 0.3) is 0 Å². The zero-order chi connectivity index (χ0) is 14.0. The monoisotopic (exact) mass is 282 g/mol. The van der Waals surface area contributed by atoms with E-state index in [2.05, 4.69) is 10.6 Å². The minimum Gasteiger partial charge on any atom is -0.335 e. The van der Waals surface area contributed by atoms with Gasteiger partial charge in [0.2, 0.25) is 0 Å². The molecular weight excluding hydrogens is 264 g/mol. The topological polar surface area (TPSA) is 75.3 Å². The van der Waals surface area contributed by atoms with Crippen molar-refractivity contribution in [2.45, 2.75) is 30.7 Å². The maximum Gasteiger partial charge on any atom is 0.319 e. The molecule has 0 heterocycles. The van der Waals surface area contributed by atoms with Gasteiger partial charge in [0.05, 0.1) is 4.90 Å². The van der Waals surface area contributed by atoms with Gasteiger partial charge in [0.1, 0.15) is 0 Å². The zero-order valence-electron chi connectivity index (χ0n) is 11.0. The second kappa shape index (κ2) is 5.21. The Bertz CT molecular complexity index is 579. The van der Waals surface area contributed by atoms with E-state index in [0.29, 0.717) is 11.6 Å². The Labute approximate surface area is 113 Å². The summed E-state index contributed by atoms with van der Waals surface area (Å²) in [4.78, 5) is 11.9. The van der Waals surface area contributed by atoms with Crippen LogP contribution in [0.3, 0.4) is 0 Å². The number of benzene rings is 1. The molecule has 0 spiro atoms. The highest BCUT2D eigenvalue weighted by Crippen LogP contribution is 2.32. The highest BCUT2D eigenvalue weighted by Gasteiger charge is 2.28. The molecule has 2 amide bonds. The van der Waals surface area contributed by atoms with Gasteiger partial charge in [-0.15, -0.1) is 0 Å². The SMILES string of the molecule is CC(NC(=O)Nc1cccc(S(C)(=O)=O)c1)C1CC1. The van der Waals surface area contributed by atoms with Gasteiger partial charge in [-0.05, 0) is 43.9 Å². The molecule has 6 heteroatoms. The summed E-state index contributed by atoms with van der Waals surface area (Å²) in [6.45, 7) is 1.98. The minimum atomic E-state index is -3.26. The Kier molecular flexibility index (Phi) is 3.80. The molecule has 104 valence electrons. The predicted molar refractivity (Wildman–Crippen MR) is 73.9 cm³/mol. The van der Waals surface area contributed by atoms with Crippen LogP contribution in [0.5, 0.6) is 0 Å². The van der Waals surface area contributed by atoms with E-state index >= 15 is 0 Å². The van der Waals surface area contributed by atoms with Gasteiger partial charge in [-0.1, -0.05) is 6.07 Å². The predicted octanol–water partition coefficient (Wildman–Crippen LogP) is 2.01. The van der Waals surface area contributed by atoms with E-state index in [1.165, 1.54) is 12.1 Å². The summed E-state index contributed by atoms with van der Waals surface area (Å²) in [5.41, 5.74) is 0.475. The van der Waals surface area contributed by atoms with Crippen molar-refractivity contribution < 1.29 is 13.2 Å².